The molecule has 1 aliphatic rings. The van der Waals surface area contributed by atoms with Gasteiger partial charge < -0.3 is 10.2 Å². The van der Waals surface area contributed by atoms with Gasteiger partial charge in [0.25, 0.3) is 0 Å². The summed E-state index contributed by atoms with van der Waals surface area (Å²) in [5, 5.41) is 19.4. The number of carboxylic acids is 1. The summed E-state index contributed by atoms with van der Waals surface area (Å²) in [6.45, 7) is 0. The van der Waals surface area contributed by atoms with E-state index >= 15 is 0 Å². The number of carboxylic acid groups (broad SMARTS) is 1. The van der Waals surface area contributed by atoms with Crippen LogP contribution in [-0.2, 0) is 0 Å². The Kier molecular flexibility index (Phi) is 3.62. The lowest BCUT2D eigenvalue weighted by Crippen LogP contribution is -2.43. The number of aromatic carboxylic acids is 1. The summed E-state index contributed by atoms with van der Waals surface area (Å²) in [7, 11) is 0. The van der Waals surface area contributed by atoms with Gasteiger partial charge in [-0.2, -0.15) is 0 Å². The topological polar surface area (TPSA) is 109 Å². The van der Waals surface area contributed by atoms with E-state index in [2.05, 4.69) is 0 Å². The Morgan fingerprint density at radius 2 is 1.29 bits per heavy atom. The van der Waals surface area contributed by atoms with E-state index in [1.165, 1.54) is 36.4 Å². The Labute approximate surface area is 136 Å². The lowest BCUT2D eigenvalue weighted by Gasteiger charge is -2.18. The molecule has 0 saturated heterocycles. The molecule has 0 saturated carbocycles. The van der Waals surface area contributed by atoms with Gasteiger partial charge in [-0.3, -0.25) is 14.4 Å². The number of ketones is 3. The fourth-order valence-electron chi connectivity index (χ4n) is 2.72. The Morgan fingerprint density at radius 1 is 0.833 bits per heavy atom. The summed E-state index contributed by atoms with van der Waals surface area (Å²) in [4.78, 5) is 47.8. The average Bonchev–Trinajstić information content (AvgIpc) is 2.77. The summed E-state index contributed by atoms with van der Waals surface area (Å²) in [6.07, 6.45) is -0.689. The van der Waals surface area contributed by atoms with Crippen molar-refractivity contribution in [2.75, 3.05) is 0 Å². The van der Waals surface area contributed by atoms with Gasteiger partial charge in [-0.15, -0.1) is 0 Å². The van der Waals surface area contributed by atoms with Crippen LogP contribution in [0.25, 0.3) is 0 Å². The number of carbonyl (C=O) groups excluding carboxylic acids is 3. The van der Waals surface area contributed by atoms with Crippen LogP contribution in [0.4, 0.5) is 0 Å². The van der Waals surface area contributed by atoms with Crippen LogP contribution in [0.5, 0.6) is 0 Å². The molecule has 120 valence electrons. The molecule has 0 aromatic heterocycles. The summed E-state index contributed by atoms with van der Waals surface area (Å²) in [5.41, 5.74) is -2.10. The Hall–Kier alpha value is -3.12. The normalized spacial score (nSPS) is 15.2. The van der Waals surface area contributed by atoms with Crippen LogP contribution in [0.3, 0.4) is 0 Å². The van der Waals surface area contributed by atoms with Crippen molar-refractivity contribution in [2.45, 2.75) is 12.0 Å². The van der Waals surface area contributed by atoms with Crippen molar-refractivity contribution < 1.29 is 29.4 Å². The van der Waals surface area contributed by atoms with Gasteiger partial charge >= 0.3 is 5.97 Å². The van der Waals surface area contributed by atoms with Gasteiger partial charge in [0.15, 0.2) is 11.4 Å². The Morgan fingerprint density at radius 3 is 1.75 bits per heavy atom. The molecule has 2 aromatic carbocycles. The van der Waals surface area contributed by atoms with E-state index in [0.717, 1.165) is 0 Å². The zero-order chi connectivity index (χ0) is 17.5. The van der Waals surface area contributed by atoms with Crippen molar-refractivity contribution in [1.82, 2.24) is 0 Å². The maximum atomic E-state index is 12.3. The highest BCUT2D eigenvalue weighted by molar-refractivity contribution is 6.33. The molecule has 2 aromatic rings. The van der Waals surface area contributed by atoms with Crippen molar-refractivity contribution in [3.8, 4) is 0 Å². The fourth-order valence-corrected chi connectivity index (χ4v) is 2.72. The van der Waals surface area contributed by atoms with Crippen molar-refractivity contribution in [3.05, 3.63) is 70.8 Å². The highest BCUT2D eigenvalue weighted by atomic mass is 16.4. The molecule has 0 fully saturated rings. The summed E-state index contributed by atoms with van der Waals surface area (Å²) in [5.74, 6) is -3.34. The minimum atomic E-state index is -2.41. The minimum Gasteiger partial charge on any atom is -0.478 e. The molecule has 3 rings (SSSR count). The molecule has 6 nitrogen and oxygen atoms in total. The third-order valence-corrected chi connectivity index (χ3v) is 4.04. The summed E-state index contributed by atoms with van der Waals surface area (Å²) in [6, 6.07) is 11.1. The van der Waals surface area contributed by atoms with Crippen LogP contribution in [0, 0.1) is 0 Å². The number of hydrogen-bond acceptors (Lipinski definition) is 5. The summed E-state index contributed by atoms with van der Waals surface area (Å²) < 4.78 is 0. The molecule has 0 radical (unpaired) electrons. The first-order valence-electron chi connectivity index (χ1n) is 7.12. The molecule has 1 aliphatic carbocycles. The predicted octanol–water partition coefficient (Wildman–Crippen LogP) is 1.77. The maximum Gasteiger partial charge on any atom is 0.335 e. The number of aliphatic hydroxyl groups is 1. The minimum absolute atomic E-state index is 0.00526. The molecule has 0 bridgehead atoms. The van der Waals surface area contributed by atoms with Crippen molar-refractivity contribution >= 4 is 23.3 Å². The Bertz CT molecular complexity index is 844. The molecule has 0 aliphatic heterocycles. The SMILES string of the molecule is O=C(O)c1ccc(C(=O)CC2(O)C(=O)c3ccccc3C2=O)cc1. The highest BCUT2D eigenvalue weighted by Crippen LogP contribution is 2.33. The first kappa shape index (κ1) is 15.8. The molecule has 2 N–H and O–H groups in total. The molecule has 0 heterocycles. The molecule has 0 atom stereocenters. The second-order valence-electron chi connectivity index (χ2n) is 5.55. The van der Waals surface area contributed by atoms with Gasteiger partial charge in [0.1, 0.15) is 0 Å². The average molecular weight is 324 g/mol. The van der Waals surface area contributed by atoms with Crippen molar-refractivity contribution in [1.29, 1.82) is 0 Å². The largest absolute Gasteiger partial charge is 0.478 e. The van der Waals surface area contributed by atoms with Gasteiger partial charge in [0.2, 0.25) is 11.6 Å². The zero-order valence-corrected chi connectivity index (χ0v) is 12.4. The third kappa shape index (κ3) is 2.33. The number of benzene rings is 2. The van der Waals surface area contributed by atoms with E-state index in [1.807, 2.05) is 0 Å². The maximum absolute atomic E-state index is 12.3. The molecule has 0 spiro atoms. The van der Waals surface area contributed by atoms with Crippen molar-refractivity contribution in [3.63, 3.8) is 0 Å². The van der Waals surface area contributed by atoms with Crippen LogP contribution in [0.1, 0.15) is 47.9 Å². The second-order valence-corrected chi connectivity index (χ2v) is 5.55. The molecule has 0 amide bonds. The van der Waals surface area contributed by atoms with Crippen LogP contribution in [0.15, 0.2) is 48.5 Å². The van der Waals surface area contributed by atoms with E-state index in [4.69, 9.17) is 5.11 Å². The van der Waals surface area contributed by atoms with Crippen LogP contribution < -0.4 is 0 Å². The van der Waals surface area contributed by atoms with E-state index in [9.17, 15) is 24.3 Å². The zero-order valence-electron chi connectivity index (χ0n) is 12.4. The first-order valence-corrected chi connectivity index (χ1v) is 7.12. The van der Waals surface area contributed by atoms with Gasteiger partial charge in [0, 0.05) is 16.7 Å². The lowest BCUT2D eigenvalue weighted by atomic mass is 9.89. The number of Topliss-reactive ketones (excluding diaryl/α,β-unsaturated/α-hetero) is 3. The fraction of sp³-hybridized carbons (Fsp3) is 0.111. The number of fused-ring (bicyclic) bond motifs is 1. The molecular weight excluding hydrogens is 312 g/mol. The lowest BCUT2D eigenvalue weighted by molar-refractivity contribution is 0.0295. The van der Waals surface area contributed by atoms with Crippen LogP contribution >= 0.6 is 0 Å². The molecule has 24 heavy (non-hydrogen) atoms. The quantitative estimate of drug-likeness (QED) is 0.655. The second kappa shape index (κ2) is 5.50. The monoisotopic (exact) mass is 324 g/mol. The standard InChI is InChI=1S/C18H12O6/c19-14(10-5-7-11(8-6-10)17(22)23)9-18(24)15(20)12-3-1-2-4-13(12)16(18)21/h1-8,24H,9H2,(H,22,23). The van der Waals surface area contributed by atoms with Gasteiger partial charge in [0.05, 0.1) is 12.0 Å². The van der Waals surface area contributed by atoms with Gasteiger partial charge in [-0.1, -0.05) is 36.4 Å². The van der Waals surface area contributed by atoms with Crippen LogP contribution in [-0.4, -0.2) is 39.1 Å². The van der Waals surface area contributed by atoms with Gasteiger partial charge in [-0.25, -0.2) is 4.79 Å². The number of hydrogen-bond donors (Lipinski definition) is 2. The van der Waals surface area contributed by atoms with Crippen molar-refractivity contribution in [2.24, 2.45) is 0 Å². The first-order chi connectivity index (χ1) is 11.3. The predicted molar refractivity (Wildman–Crippen MR) is 82.4 cm³/mol. The smallest absolute Gasteiger partial charge is 0.335 e. The highest BCUT2D eigenvalue weighted by Gasteiger charge is 2.52. The Balaban J connectivity index is 1.88. The number of carbonyl (C=O) groups is 4. The molecular formula is C18H12O6. The van der Waals surface area contributed by atoms with Crippen LogP contribution in [0.2, 0.25) is 0 Å². The van der Waals surface area contributed by atoms with E-state index in [0.29, 0.717) is 0 Å². The molecule has 0 unspecified atom stereocenters. The van der Waals surface area contributed by atoms with E-state index in [1.54, 1.807) is 12.1 Å². The van der Waals surface area contributed by atoms with E-state index in [-0.39, 0.29) is 22.3 Å². The summed E-state index contributed by atoms with van der Waals surface area (Å²) >= 11 is 0. The van der Waals surface area contributed by atoms with E-state index < -0.39 is 35.3 Å². The third-order valence-electron chi connectivity index (χ3n) is 4.04. The van der Waals surface area contributed by atoms with Gasteiger partial charge in [-0.05, 0) is 12.1 Å². The molecule has 6 heteroatoms. The number of rotatable bonds is 4.